The average molecular weight is 368 g/mol. The quantitative estimate of drug-likeness (QED) is 0.894. The Morgan fingerprint density at radius 2 is 1.88 bits per heavy atom. The first-order valence-corrected chi connectivity index (χ1v) is 10.2. The van der Waals surface area contributed by atoms with Crippen molar-refractivity contribution >= 4 is 17.7 Å². The third kappa shape index (κ3) is 3.64. The lowest BCUT2D eigenvalue weighted by molar-refractivity contribution is 0.0217. The van der Waals surface area contributed by atoms with E-state index in [9.17, 15) is 4.79 Å². The maximum atomic E-state index is 12.7. The highest BCUT2D eigenvalue weighted by atomic mass is 32.2. The zero-order chi connectivity index (χ0) is 18.1. The van der Waals surface area contributed by atoms with E-state index in [1.54, 1.807) is 11.8 Å². The second kappa shape index (κ2) is 7.41. The number of rotatable bonds is 4. The van der Waals surface area contributed by atoms with Crippen LogP contribution in [0.15, 0.2) is 52.4 Å². The zero-order valence-electron chi connectivity index (χ0n) is 15.3. The highest BCUT2D eigenvalue weighted by Gasteiger charge is 2.40. The maximum absolute atomic E-state index is 12.7. The van der Waals surface area contributed by atoms with Crippen LogP contribution in [-0.2, 0) is 0 Å². The third-order valence-corrected chi connectivity index (χ3v) is 6.69. The number of hydrogen-bond acceptors (Lipinski definition) is 4. The Bertz CT molecular complexity index is 782. The molecule has 2 bridgehead atoms. The molecule has 1 amide bonds. The van der Waals surface area contributed by atoms with E-state index in [2.05, 4.69) is 28.2 Å². The van der Waals surface area contributed by atoms with Gasteiger partial charge in [-0.25, -0.2) is 0 Å². The number of pyridine rings is 1. The molecule has 3 aliphatic rings. The van der Waals surface area contributed by atoms with E-state index in [0.29, 0.717) is 12.0 Å². The van der Waals surface area contributed by atoms with E-state index in [1.165, 1.54) is 25.9 Å². The van der Waals surface area contributed by atoms with E-state index >= 15 is 0 Å². The van der Waals surface area contributed by atoms with Gasteiger partial charge in [-0.1, -0.05) is 11.8 Å². The van der Waals surface area contributed by atoms with Gasteiger partial charge in [0, 0.05) is 39.3 Å². The van der Waals surface area contributed by atoms with Crippen LogP contribution < -0.4 is 5.32 Å². The second-order valence-corrected chi connectivity index (χ2v) is 8.52. The van der Waals surface area contributed by atoms with Crippen LogP contribution in [0.3, 0.4) is 0 Å². The number of aromatic nitrogens is 1. The van der Waals surface area contributed by atoms with E-state index in [4.69, 9.17) is 0 Å². The van der Waals surface area contributed by atoms with Gasteiger partial charge in [0.25, 0.3) is 5.91 Å². The summed E-state index contributed by atoms with van der Waals surface area (Å²) in [7, 11) is 0. The number of benzene rings is 1. The molecule has 0 aliphatic carbocycles. The zero-order valence-corrected chi connectivity index (χ0v) is 16.1. The first-order valence-electron chi connectivity index (χ1n) is 9.35. The first kappa shape index (κ1) is 17.6. The lowest BCUT2D eigenvalue weighted by atomic mass is 9.79. The molecule has 2 aromatic rings. The molecule has 0 unspecified atom stereocenters. The molecule has 1 aromatic carbocycles. The fourth-order valence-electron chi connectivity index (χ4n) is 4.17. The van der Waals surface area contributed by atoms with Crippen molar-refractivity contribution < 1.29 is 4.79 Å². The van der Waals surface area contributed by atoms with Crippen LogP contribution in [0.1, 0.15) is 35.8 Å². The van der Waals surface area contributed by atoms with Gasteiger partial charge in [-0.05, 0) is 82.1 Å². The van der Waals surface area contributed by atoms with Crippen LogP contribution >= 0.6 is 11.8 Å². The van der Waals surface area contributed by atoms with Gasteiger partial charge >= 0.3 is 0 Å². The van der Waals surface area contributed by atoms with Crippen LogP contribution in [0.4, 0.5) is 0 Å². The Morgan fingerprint density at radius 3 is 2.54 bits per heavy atom. The number of fused-ring (bicyclic) bond motifs is 3. The van der Waals surface area contributed by atoms with Crippen molar-refractivity contribution in [3.05, 3.63) is 53.9 Å². The summed E-state index contributed by atoms with van der Waals surface area (Å²) in [5, 5.41) is 3.30. The van der Waals surface area contributed by atoms with Crippen molar-refractivity contribution in [2.24, 2.45) is 5.92 Å². The molecule has 3 fully saturated rings. The minimum Gasteiger partial charge on any atom is -0.347 e. The maximum Gasteiger partial charge on any atom is 0.251 e. The number of hydrogen-bond donors (Lipinski definition) is 1. The summed E-state index contributed by atoms with van der Waals surface area (Å²) in [5.74, 6) is 0.676. The molecular formula is C21H25N3OS. The summed E-state index contributed by atoms with van der Waals surface area (Å²) in [6.45, 7) is 6.59. The topological polar surface area (TPSA) is 45.2 Å². The van der Waals surface area contributed by atoms with Gasteiger partial charge < -0.3 is 5.32 Å². The Kier molecular flexibility index (Phi) is 5.00. The summed E-state index contributed by atoms with van der Waals surface area (Å²) < 4.78 is 0. The molecule has 4 heterocycles. The van der Waals surface area contributed by atoms with Crippen LogP contribution in [0.25, 0.3) is 0 Å². The van der Waals surface area contributed by atoms with Crippen molar-refractivity contribution in [2.45, 2.75) is 48.6 Å². The lowest BCUT2D eigenvalue weighted by Crippen LogP contribution is -2.62. The molecule has 0 radical (unpaired) electrons. The predicted octanol–water partition coefficient (Wildman–Crippen LogP) is 3.75. The van der Waals surface area contributed by atoms with Gasteiger partial charge in [-0.2, -0.15) is 0 Å². The Hall–Kier alpha value is -1.85. The summed E-state index contributed by atoms with van der Waals surface area (Å²) >= 11 is 1.69. The standard InChI is InChI=1S/C21H25N3OS/c1-14-13-19(7-10-22-14)26-18-5-3-17(4-6-18)21(25)23-20-15(2)24-11-8-16(20)9-12-24/h3-7,10,13,15-16,20H,8-9,11-12H2,1-2H3,(H,23,25)/t15-,20-/m0/s1. The number of piperidine rings is 3. The van der Waals surface area contributed by atoms with Gasteiger partial charge in [-0.3, -0.25) is 14.7 Å². The SMILES string of the molecule is Cc1cc(Sc2ccc(C(=O)N[C@@H]3C4CCN(CC4)[C@H]3C)cc2)ccn1. The number of aryl methyl sites for hydroxylation is 1. The van der Waals surface area contributed by atoms with E-state index in [0.717, 1.165) is 21.0 Å². The molecule has 3 aliphatic heterocycles. The Balaban J connectivity index is 1.41. The van der Waals surface area contributed by atoms with Gasteiger partial charge in [0.1, 0.15) is 0 Å². The van der Waals surface area contributed by atoms with Crippen molar-refractivity contribution in [1.82, 2.24) is 15.2 Å². The van der Waals surface area contributed by atoms with Crippen molar-refractivity contribution in [3.8, 4) is 0 Å². The third-order valence-electron chi connectivity index (χ3n) is 5.70. The molecular weight excluding hydrogens is 342 g/mol. The molecule has 1 aromatic heterocycles. The predicted molar refractivity (Wildman–Crippen MR) is 105 cm³/mol. The summed E-state index contributed by atoms with van der Waals surface area (Å²) in [6, 6.07) is 12.7. The number of nitrogens with zero attached hydrogens (tertiary/aromatic N) is 2. The normalized spacial score (nSPS) is 27.3. The highest BCUT2D eigenvalue weighted by molar-refractivity contribution is 7.99. The number of carbonyl (C=O) groups excluding carboxylic acids is 1. The Morgan fingerprint density at radius 1 is 1.15 bits per heavy atom. The molecule has 0 spiro atoms. The van der Waals surface area contributed by atoms with Gasteiger partial charge in [-0.15, -0.1) is 0 Å². The molecule has 26 heavy (non-hydrogen) atoms. The van der Waals surface area contributed by atoms with Gasteiger partial charge in [0.05, 0.1) is 0 Å². The number of carbonyl (C=O) groups is 1. The lowest BCUT2D eigenvalue weighted by Gasteiger charge is -2.49. The smallest absolute Gasteiger partial charge is 0.251 e. The Labute approximate surface area is 159 Å². The van der Waals surface area contributed by atoms with Crippen molar-refractivity contribution in [3.63, 3.8) is 0 Å². The minimum absolute atomic E-state index is 0.0481. The van der Waals surface area contributed by atoms with Crippen LogP contribution in [-0.4, -0.2) is 41.0 Å². The minimum atomic E-state index is 0.0481. The molecule has 2 atom stereocenters. The summed E-state index contributed by atoms with van der Waals surface area (Å²) in [5.41, 5.74) is 1.75. The van der Waals surface area contributed by atoms with Crippen LogP contribution in [0.2, 0.25) is 0 Å². The van der Waals surface area contributed by atoms with E-state index in [-0.39, 0.29) is 11.9 Å². The largest absolute Gasteiger partial charge is 0.347 e. The molecule has 5 rings (SSSR count). The molecule has 0 saturated carbocycles. The van der Waals surface area contributed by atoms with E-state index in [1.807, 2.05) is 43.5 Å². The molecule has 3 saturated heterocycles. The van der Waals surface area contributed by atoms with Crippen molar-refractivity contribution in [2.75, 3.05) is 13.1 Å². The van der Waals surface area contributed by atoms with Gasteiger partial charge in [0.2, 0.25) is 0 Å². The fraction of sp³-hybridized carbons (Fsp3) is 0.429. The monoisotopic (exact) mass is 367 g/mol. The number of amides is 1. The molecule has 5 heteroatoms. The molecule has 136 valence electrons. The summed E-state index contributed by atoms with van der Waals surface area (Å²) in [6.07, 6.45) is 4.24. The molecule has 4 nitrogen and oxygen atoms in total. The first-order chi connectivity index (χ1) is 12.6. The van der Waals surface area contributed by atoms with Crippen molar-refractivity contribution in [1.29, 1.82) is 0 Å². The average Bonchev–Trinajstić information content (AvgIpc) is 2.65. The van der Waals surface area contributed by atoms with Crippen LogP contribution in [0.5, 0.6) is 0 Å². The van der Waals surface area contributed by atoms with Crippen LogP contribution in [0, 0.1) is 12.8 Å². The fourth-order valence-corrected chi connectivity index (χ4v) is 5.08. The highest BCUT2D eigenvalue weighted by Crippen LogP contribution is 2.32. The second-order valence-electron chi connectivity index (χ2n) is 7.37. The molecule has 1 N–H and O–H groups in total. The number of nitrogens with one attached hydrogen (secondary N) is 1. The van der Waals surface area contributed by atoms with E-state index < -0.39 is 0 Å². The van der Waals surface area contributed by atoms with Gasteiger partial charge in [0.15, 0.2) is 0 Å². The summed E-state index contributed by atoms with van der Waals surface area (Å²) in [4.78, 5) is 21.7.